The van der Waals surface area contributed by atoms with Crippen LogP contribution < -0.4 is 0 Å². The largest absolute Gasteiger partial charge is 0.338 e. The molecule has 4 nitrogen and oxygen atoms in total. The van der Waals surface area contributed by atoms with Crippen LogP contribution in [0.1, 0.15) is 17.6 Å². The first kappa shape index (κ1) is 14.0. The molecule has 1 saturated heterocycles. The summed E-state index contributed by atoms with van der Waals surface area (Å²) in [5.74, 6) is 2.88. The number of aromatic nitrogens is 2. The molecule has 0 N–H and O–H groups in total. The monoisotopic (exact) mass is 326 g/mol. The Balaban J connectivity index is 1.64. The summed E-state index contributed by atoms with van der Waals surface area (Å²) in [6, 6.07) is 7.61. The molecule has 1 aliphatic heterocycles. The lowest BCUT2D eigenvalue weighted by Gasteiger charge is -1.99. The number of nitrogens with zero attached hydrogens (tertiary/aromatic N) is 2. The maximum absolute atomic E-state index is 11.6. The highest BCUT2D eigenvalue weighted by atomic mass is 35.5. The first-order valence-electron chi connectivity index (χ1n) is 6.03. The van der Waals surface area contributed by atoms with E-state index in [1.165, 1.54) is 0 Å². The molecule has 104 valence electrons. The Hall–Kier alpha value is -0.980. The molecule has 1 fully saturated rings. The first-order valence-corrected chi connectivity index (χ1v) is 8.55. The van der Waals surface area contributed by atoms with E-state index in [1.807, 2.05) is 24.3 Å². The van der Waals surface area contributed by atoms with Crippen molar-refractivity contribution in [3.8, 4) is 0 Å². The van der Waals surface area contributed by atoms with Crippen LogP contribution in [0, 0.1) is 0 Å². The van der Waals surface area contributed by atoms with Crippen LogP contribution in [-0.2, 0) is 10.5 Å². The number of hydrogen-bond donors (Lipinski definition) is 0. The summed E-state index contributed by atoms with van der Waals surface area (Å²) in [4.78, 5) is 17.0. The van der Waals surface area contributed by atoms with Gasteiger partial charge in [0.05, 0.1) is 11.5 Å². The van der Waals surface area contributed by atoms with Gasteiger partial charge in [-0.2, -0.15) is 16.7 Å². The van der Waals surface area contributed by atoms with Gasteiger partial charge in [-0.15, -0.1) is 11.8 Å². The van der Waals surface area contributed by atoms with Crippen molar-refractivity contribution in [1.82, 2.24) is 10.1 Å². The van der Waals surface area contributed by atoms with Crippen LogP contribution in [-0.4, -0.2) is 27.4 Å². The molecule has 0 radical (unpaired) electrons. The van der Waals surface area contributed by atoms with Gasteiger partial charge in [-0.1, -0.05) is 22.8 Å². The summed E-state index contributed by atoms with van der Waals surface area (Å²) in [5, 5.41) is 4.64. The molecule has 3 rings (SSSR count). The fourth-order valence-corrected chi connectivity index (χ4v) is 3.99. The lowest BCUT2D eigenvalue weighted by molar-refractivity contribution is -0.117. The summed E-state index contributed by atoms with van der Waals surface area (Å²) in [6.07, 6.45) is 0. The maximum Gasteiger partial charge on any atom is 0.238 e. The lowest BCUT2D eigenvalue weighted by Crippen LogP contribution is -2.09. The van der Waals surface area contributed by atoms with E-state index < -0.39 is 0 Å². The molecule has 2 heterocycles. The van der Waals surface area contributed by atoms with E-state index >= 15 is 0 Å². The fraction of sp³-hybridized carbons (Fsp3) is 0.308. The number of carbonyl (C=O) groups is 1. The number of Topliss-reactive ketones (excluding diaryl/α,β-unsaturated/α-hetero) is 1. The van der Waals surface area contributed by atoms with Crippen LogP contribution in [0.15, 0.2) is 33.7 Å². The molecular weight excluding hydrogens is 316 g/mol. The first-order chi connectivity index (χ1) is 9.72. The molecule has 0 bridgehead atoms. The van der Waals surface area contributed by atoms with Crippen LogP contribution in [0.5, 0.6) is 0 Å². The van der Waals surface area contributed by atoms with Crippen molar-refractivity contribution in [1.29, 1.82) is 0 Å². The fourth-order valence-electron chi connectivity index (χ4n) is 1.85. The van der Waals surface area contributed by atoms with E-state index in [9.17, 15) is 4.79 Å². The minimum absolute atomic E-state index is 0.174. The molecule has 1 aromatic heterocycles. The van der Waals surface area contributed by atoms with E-state index in [0.717, 1.165) is 10.6 Å². The smallest absolute Gasteiger partial charge is 0.238 e. The second kappa shape index (κ2) is 6.20. The van der Waals surface area contributed by atoms with Crippen LogP contribution in [0.25, 0.3) is 0 Å². The van der Waals surface area contributed by atoms with Gasteiger partial charge in [0.2, 0.25) is 5.89 Å². The van der Waals surface area contributed by atoms with Gasteiger partial charge in [-0.3, -0.25) is 4.79 Å². The quantitative estimate of drug-likeness (QED) is 0.802. The predicted octanol–water partition coefficient (Wildman–Crippen LogP) is 3.41. The molecule has 1 unspecified atom stereocenters. The second-order valence-corrected chi connectivity index (χ2v) is 6.84. The number of halogens is 1. The van der Waals surface area contributed by atoms with Gasteiger partial charge < -0.3 is 4.52 Å². The Morgan fingerprint density at radius 2 is 2.40 bits per heavy atom. The molecule has 0 spiro atoms. The third kappa shape index (κ3) is 3.19. The number of carbonyl (C=O) groups excluding carboxylic acids is 1. The SMILES string of the molecule is O=C1CSCC1c1nc(CSc2cccc(Cl)c2)no1. The van der Waals surface area contributed by atoms with Crippen LogP contribution in [0.3, 0.4) is 0 Å². The maximum atomic E-state index is 11.6. The summed E-state index contributed by atoms with van der Waals surface area (Å²) in [7, 11) is 0. The average Bonchev–Trinajstić information content (AvgIpc) is 3.05. The lowest BCUT2D eigenvalue weighted by atomic mass is 10.1. The van der Waals surface area contributed by atoms with Crippen molar-refractivity contribution < 1.29 is 9.32 Å². The van der Waals surface area contributed by atoms with Gasteiger partial charge in [-0.25, -0.2) is 0 Å². The normalized spacial score (nSPS) is 18.6. The minimum atomic E-state index is -0.225. The van der Waals surface area contributed by atoms with Gasteiger partial charge in [0.15, 0.2) is 11.6 Å². The number of rotatable bonds is 4. The zero-order chi connectivity index (χ0) is 13.9. The van der Waals surface area contributed by atoms with E-state index in [4.69, 9.17) is 16.1 Å². The van der Waals surface area contributed by atoms with Crippen LogP contribution in [0.4, 0.5) is 0 Å². The third-order valence-corrected chi connectivity index (χ3v) is 5.15. The molecule has 7 heteroatoms. The number of thioether (sulfide) groups is 2. The molecular formula is C13H11ClN2O2S2. The molecule has 1 atom stereocenters. The Morgan fingerprint density at radius 1 is 1.50 bits per heavy atom. The van der Waals surface area contributed by atoms with Crippen molar-refractivity contribution in [3.63, 3.8) is 0 Å². The summed E-state index contributed by atoms with van der Waals surface area (Å²) in [5.41, 5.74) is 0. The van der Waals surface area contributed by atoms with Crippen molar-refractivity contribution in [2.75, 3.05) is 11.5 Å². The minimum Gasteiger partial charge on any atom is -0.338 e. The molecule has 2 aromatic rings. The van der Waals surface area contributed by atoms with Crippen molar-refractivity contribution in [2.45, 2.75) is 16.6 Å². The highest BCUT2D eigenvalue weighted by Crippen LogP contribution is 2.29. The molecule has 0 aliphatic carbocycles. The third-order valence-electron chi connectivity index (χ3n) is 2.86. The van der Waals surface area contributed by atoms with Crippen molar-refractivity contribution in [3.05, 3.63) is 41.0 Å². The number of ketones is 1. The van der Waals surface area contributed by atoms with E-state index in [1.54, 1.807) is 23.5 Å². The van der Waals surface area contributed by atoms with E-state index in [-0.39, 0.29) is 11.7 Å². The molecule has 0 saturated carbocycles. The van der Waals surface area contributed by atoms with Gasteiger partial charge in [0.25, 0.3) is 0 Å². The zero-order valence-electron chi connectivity index (χ0n) is 10.4. The molecule has 1 aromatic carbocycles. The Labute approximate surface area is 129 Å². The Morgan fingerprint density at radius 3 is 3.15 bits per heavy atom. The van der Waals surface area contributed by atoms with Crippen molar-refractivity contribution in [2.24, 2.45) is 0 Å². The van der Waals surface area contributed by atoms with Gasteiger partial charge in [0.1, 0.15) is 5.92 Å². The van der Waals surface area contributed by atoms with E-state index in [0.29, 0.717) is 28.2 Å². The Kier molecular flexibility index (Phi) is 4.33. The van der Waals surface area contributed by atoms with Gasteiger partial charge in [-0.05, 0) is 18.2 Å². The predicted molar refractivity (Wildman–Crippen MR) is 80.4 cm³/mol. The highest BCUT2D eigenvalue weighted by Gasteiger charge is 2.31. The highest BCUT2D eigenvalue weighted by molar-refractivity contribution is 8.00. The number of hydrogen-bond acceptors (Lipinski definition) is 6. The molecule has 1 aliphatic rings. The molecule has 0 amide bonds. The Bertz CT molecular complexity index is 632. The summed E-state index contributed by atoms with van der Waals surface area (Å²) in [6.45, 7) is 0. The summed E-state index contributed by atoms with van der Waals surface area (Å²) >= 11 is 9.12. The topological polar surface area (TPSA) is 56.0 Å². The molecule has 20 heavy (non-hydrogen) atoms. The summed E-state index contributed by atoms with van der Waals surface area (Å²) < 4.78 is 5.20. The second-order valence-electron chi connectivity index (χ2n) is 4.33. The van der Waals surface area contributed by atoms with Gasteiger partial charge in [0, 0.05) is 15.7 Å². The van der Waals surface area contributed by atoms with Crippen LogP contribution in [0.2, 0.25) is 5.02 Å². The average molecular weight is 327 g/mol. The van der Waals surface area contributed by atoms with E-state index in [2.05, 4.69) is 10.1 Å². The van der Waals surface area contributed by atoms with Crippen molar-refractivity contribution >= 4 is 40.9 Å². The number of benzene rings is 1. The van der Waals surface area contributed by atoms with Crippen LogP contribution >= 0.6 is 35.1 Å². The standard InChI is InChI=1S/C13H11ClN2O2S2/c14-8-2-1-3-9(4-8)20-7-12-15-13(18-16-12)10-5-19-6-11(10)17/h1-4,10H,5-7H2. The zero-order valence-corrected chi connectivity index (χ0v) is 12.8. The van der Waals surface area contributed by atoms with Gasteiger partial charge >= 0.3 is 0 Å².